The van der Waals surface area contributed by atoms with Crippen LogP contribution in [-0.2, 0) is 0 Å². The molecular weight excluding hydrogens is 304 g/mol. The molecule has 0 aliphatic rings. The van der Waals surface area contributed by atoms with Gasteiger partial charge in [0.2, 0.25) is 5.75 Å². The molecule has 2 aromatic carbocycles. The normalized spacial score (nSPS) is 10.5. The number of ketones is 1. The molecule has 0 fully saturated rings. The van der Waals surface area contributed by atoms with Crippen molar-refractivity contribution in [1.82, 2.24) is 0 Å². The number of benzene rings is 2. The third-order valence-corrected chi connectivity index (χ3v) is 3.55. The van der Waals surface area contributed by atoms with Crippen molar-refractivity contribution in [1.29, 1.82) is 0 Å². The fraction of sp³-hybridized carbons (Fsp3) is 0.150. The van der Waals surface area contributed by atoms with Crippen LogP contribution in [0, 0.1) is 0 Å². The summed E-state index contributed by atoms with van der Waals surface area (Å²) in [6, 6.07) is 10.8. The first-order chi connectivity index (χ1) is 11.6. The average molecular weight is 324 g/mol. The monoisotopic (exact) mass is 324 g/mol. The highest BCUT2D eigenvalue weighted by Gasteiger charge is 2.12. The number of hydrogen-bond acceptors (Lipinski definition) is 4. The minimum absolute atomic E-state index is 0.0839. The highest BCUT2D eigenvalue weighted by molar-refractivity contribution is 6.06. The molecule has 0 heterocycles. The third kappa shape index (κ3) is 3.84. The maximum atomic E-state index is 12.2. The number of hydrogen-bond donors (Lipinski definition) is 0. The second-order valence-electron chi connectivity index (χ2n) is 4.98. The summed E-state index contributed by atoms with van der Waals surface area (Å²) in [7, 11) is 4.65. The lowest BCUT2D eigenvalue weighted by Crippen LogP contribution is -1.96. The first kappa shape index (κ1) is 17.3. The van der Waals surface area contributed by atoms with Gasteiger partial charge in [-0.3, -0.25) is 4.79 Å². The first-order valence-corrected chi connectivity index (χ1v) is 7.37. The van der Waals surface area contributed by atoms with E-state index in [9.17, 15) is 4.79 Å². The first-order valence-electron chi connectivity index (χ1n) is 7.37. The van der Waals surface area contributed by atoms with Crippen molar-refractivity contribution in [3.63, 3.8) is 0 Å². The standard InChI is InChI=1S/C20H20O4/c1-5-14-6-9-16(10-7-14)17(21)11-8-15-12-18(22-2)20(24-4)19(13-15)23-3/h5-13H,1H2,2-4H3. The van der Waals surface area contributed by atoms with Gasteiger partial charge in [-0.25, -0.2) is 0 Å². The van der Waals surface area contributed by atoms with Crippen LogP contribution in [0.25, 0.3) is 12.2 Å². The summed E-state index contributed by atoms with van der Waals surface area (Å²) in [4.78, 5) is 12.2. The molecule has 0 aliphatic heterocycles. The molecule has 0 saturated carbocycles. The van der Waals surface area contributed by atoms with E-state index in [4.69, 9.17) is 14.2 Å². The summed E-state index contributed by atoms with van der Waals surface area (Å²) in [6.07, 6.45) is 4.97. The van der Waals surface area contributed by atoms with Crippen molar-refractivity contribution in [2.45, 2.75) is 0 Å². The zero-order valence-corrected chi connectivity index (χ0v) is 14.0. The van der Waals surface area contributed by atoms with Crippen molar-refractivity contribution < 1.29 is 19.0 Å². The van der Waals surface area contributed by atoms with Gasteiger partial charge in [-0.15, -0.1) is 0 Å². The number of carbonyl (C=O) groups excluding carboxylic acids is 1. The number of rotatable bonds is 7. The summed E-state index contributed by atoms with van der Waals surface area (Å²) in [5.41, 5.74) is 2.37. The maximum absolute atomic E-state index is 12.2. The second-order valence-corrected chi connectivity index (χ2v) is 4.98. The van der Waals surface area contributed by atoms with E-state index in [0.717, 1.165) is 11.1 Å². The lowest BCUT2D eigenvalue weighted by atomic mass is 10.1. The molecule has 4 nitrogen and oxygen atoms in total. The predicted molar refractivity (Wildman–Crippen MR) is 96.0 cm³/mol. The molecule has 0 amide bonds. The highest BCUT2D eigenvalue weighted by Crippen LogP contribution is 2.38. The van der Waals surface area contributed by atoms with Gasteiger partial charge in [-0.05, 0) is 29.3 Å². The van der Waals surface area contributed by atoms with E-state index in [1.165, 1.54) is 6.08 Å². The zero-order valence-electron chi connectivity index (χ0n) is 14.0. The van der Waals surface area contributed by atoms with Crippen LogP contribution in [0.5, 0.6) is 17.2 Å². The minimum atomic E-state index is -0.0839. The average Bonchev–Trinajstić information content (AvgIpc) is 2.65. The smallest absolute Gasteiger partial charge is 0.203 e. The number of methoxy groups -OCH3 is 3. The molecule has 2 rings (SSSR count). The third-order valence-electron chi connectivity index (χ3n) is 3.55. The Labute approximate surface area is 142 Å². The molecule has 0 unspecified atom stereocenters. The van der Waals surface area contributed by atoms with Crippen LogP contribution in [0.4, 0.5) is 0 Å². The fourth-order valence-corrected chi connectivity index (χ4v) is 2.25. The van der Waals surface area contributed by atoms with Crippen LogP contribution in [0.15, 0.2) is 49.1 Å². The number of ether oxygens (including phenoxy) is 3. The highest BCUT2D eigenvalue weighted by atomic mass is 16.5. The molecule has 4 heteroatoms. The SMILES string of the molecule is C=Cc1ccc(C(=O)C=Cc2cc(OC)c(OC)c(OC)c2)cc1. The van der Waals surface area contributed by atoms with Crippen LogP contribution >= 0.6 is 0 Å². The maximum Gasteiger partial charge on any atom is 0.203 e. The molecule has 0 aliphatic carbocycles. The predicted octanol–water partition coefficient (Wildman–Crippen LogP) is 4.25. The van der Waals surface area contributed by atoms with Gasteiger partial charge in [0, 0.05) is 5.56 Å². The van der Waals surface area contributed by atoms with E-state index in [0.29, 0.717) is 22.8 Å². The molecule has 124 valence electrons. The van der Waals surface area contributed by atoms with Crippen LogP contribution in [-0.4, -0.2) is 27.1 Å². The van der Waals surface area contributed by atoms with Gasteiger partial charge in [0.05, 0.1) is 21.3 Å². The van der Waals surface area contributed by atoms with E-state index in [-0.39, 0.29) is 5.78 Å². The molecule has 0 saturated heterocycles. The molecule has 2 aromatic rings. The Hall–Kier alpha value is -3.01. The summed E-state index contributed by atoms with van der Waals surface area (Å²) in [6.45, 7) is 3.70. The van der Waals surface area contributed by atoms with Gasteiger partial charge in [0.1, 0.15) is 0 Å². The van der Waals surface area contributed by atoms with Crippen molar-refractivity contribution in [2.24, 2.45) is 0 Å². The molecule has 0 radical (unpaired) electrons. The van der Waals surface area contributed by atoms with E-state index < -0.39 is 0 Å². The zero-order chi connectivity index (χ0) is 17.5. The molecular formula is C20H20O4. The largest absolute Gasteiger partial charge is 0.493 e. The summed E-state index contributed by atoms with van der Waals surface area (Å²) in [5, 5.41) is 0. The van der Waals surface area contributed by atoms with Crippen LogP contribution in [0.1, 0.15) is 21.5 Å². The Morgan fingerprint density at radius 2 is 1.50 bits per heavy atom. The topological polar surface area (TPSA) is 44.8 Å². The lowest BCUT2D eigenvalue weighted by molar-refractivity contribution is 0.104. The van der Waals surface area contributed by atoms with Gasteiger partial charge < -0.3 is 14.2 Å². The summed E-state index contributed by atoms with van der Waals surface area (Å²) >= 11 is 0. The van der Waals surface area contributed by atoms with E-state index in [1.54, 1.807) is 57.7 Å². The van der Waals surface area contributed by atoms with Gasteiger partial charge >= 0.3 is 0 Å². The fourth-order valence-electron chi connectivity index (χ4n) is 2.25. The molecule has 0 bridgehead atoms. The van der Waals surface area contributed by atoms with Crippen LogP contribution in [0.2, 0.25) is 0 Å². The van der Waals surface area contributed by atoms with Crippen molar-refractivity contribution in [3.8, 4) is 17.2 Å². The van der Waals surface area contributed by atoms with Crippen LogP contribution < -0.4 is 14.2 Å². The van der Waals surface area contributed by atoms with E-state index in [1.807, 2.05) is 12.1 Å². The minimum Gasteiger partial charge on any atom is -0.493 e. The number of carbonyl (C=O) groups is 1. The Bertz CT molecular complexity index is 733. The van der Waals surface area contributed by atoms with Crippen molar-refractivity contribution in [3.05, 3.63) is 65.7 Å². The molecule has 0 N–H and O–H groups in total. The van der Waals surface area contributed by atoms with Crippen molar-refractivity contribution in [2.75, 3.05) is 21.3 Å². The Balaban J connectivity index is 2.27. The molecule has 24 heavy (non-hydrogen) atoms. The van der Waals surface area contributed by atoms with Crippen LogP contribution in [0.3, 0.4) is 0 Å². The summed E-state index contributed by atoms with van der Waals surface area (Å²) < 4.78 is 15.9. The van der Waals surface area contributed by atoms with Gasteiger partial charge in [-0.1, -0.05) is 43.0 Å². The van der Waals surface area contributed by atoms with Gasteiger partial charge in [0.15, 0.2) is 17.3 Å². The van der Waals surface area contributed by atoms with Gasteiger partial charge in [0.25, 0.3) is 0 Å². The van der Waals surface area contributed by atoms with E-state index in [2.05, 4.69) is 6.58 Å². The lowest BCUT2D eigenvalue weighted by Gasteiger charge is -2.12. The quantitative estimate of drug-likeness (QED) is 0.564. The van der Waals surface area contributed by atoms with E-state index >= 15 is 0 Å². The number of allylic oxidation sites excluding steroid dienone is 1. The molecule has 0 aromatic heterocycles. The molecule has 0 spiro atoms. The van der Waals surface area contributed by atoms with Gasteiger partial charge in [-0.2, -0.15) is 0 Å². The Kier molecular flexibility index (Phi) is 5.79. The summed E-state index contributed by atoms with van der Waals surface area (Å²) in [5.74, 6) is 1.52. The molecule has 0 atom stereocenters. The van der Waals surface area contributed by atoms with Crippen molar-refractivity contribution >= 4 is 17.9 Å². The Morgan fingerprint density at radius 1 is 0.917 bits per heavy atom. The second kappa shape index (κ2) is 8.02. The Morgan fingerprint density at radius 3 is 1.96 bits per heavy atom.